The van der Waals surface area contributed by atoms with Crippen LogP contribution >= 0.6 is 0 Å². The third-order valence-corrected chi connectivity index (χ3v) is 5.96. The molecular formula is C26H19FN4. The molecule has 6 rings (SSSR count). The Balaban J connectivity index is 1.38. The lowest BCUT2D eigenvalue weighted by Crippen LogP contribution is -2.15. The number of benzene rings is 3. The van der Waals surface area contributed by atoms with Crippen molar-refractivity contribution in [3.8, 4) is 11.3 Å². The second-order valence-electron chi connectivity index (χ2n) is 7.87. The first-order valence-corrected chi connectivity index (χ1v) is 10.3. The highest BCUT2D eigenvalue weighted by Crippen LogP contribution is 2.42. The van der Waals surface area contributed by atoms with Gasteiger partial charge in [-0.25, -0.2) is 14.4 Å². The van der Waals surface area contributed by atoms with Crippen molar-refractivity contribution in [3.05, 3.63) is 108 Å². The topological polar surface area (TPSA) is 53.6 Å². The van der Waals surface area contributed by atoms with Crippen LogP contribution in [-0.2, 0) is 6.42 Å². The Labute approximate surface area is 178 Å². The van der Waals surface area contributed by atoms with E-state index in [4.69, 9.17) is 4.98 Å². The molecule has 1 aliphatic rings. The maximum absolute atomic E-state index is 13.5. The molecule has 2 heterocycles. The van der Waals surface area contributed by atoms with Crippen LogP contribution in [0.15, 0.2) is 85.2 Å². The molecule has 0 saturated heterocycles. The fourth-order valence-corrected chi connectivity index (χ4v) is 4.45. The maximum atomic E-state index is 13.5. The number of halogens is 1. The van der Waals surface area contributed by atoms with Gasteiger partial charge in [-0.2, -0.15) is 0 Å². The second kappa shape index (κ2) is 7.06. The number of H-pyrrole nitrogens is 1. The van der Waals surface area contributed by atoms with Gasteiger partial charge in [0, 0.05) is 40.5 Å². The summed E-state index contributed by atoms with van der Waals surface area (Å²) in [6.07, 6.45) is 4.62. The molecule has 0 saturated carbocycles. The number of nitrogens with zero attached hydrogens (tertiary/aromatic N) is 2. The third kappa shape index (κ3) is 3.15. The SMILES string of the molecule is Fc1ccc(C2Cc3cnc(Nc4ccc5[nH]ccc5c4)nc3-c3ccccc32)cc1. The molecule has 1 atom stereocenters. The first-order chi connectivity index (χ1) is 15.2. The number of rotatable bonds is 3. The van der Waals surface area contributed by atoms with E-state index in [1.54, 1.807) is 0 Å². The molecule has 5 aromatic rings. The van der Waals surface area contributed by atoms with Crippen LogP contribution in [0.1, 0.15) is 22.6 Å². The van der Waals surface area contributed by atoms with Crippen LogP contribution in [0.4, 0.5) is 16.0 Å². The van der Waals surface area contributed by atoms with Gasteiger partial charge in [0.25, 0.3) is 0 Å². The zero-order valence-electron chi connectivity index (χ0n) is 16.6. The van der Waals surface area contributed by atoms with Gasteiger partial charge in [0.05, 0.1) is 5.69 Å². The number of hydrogen-bond acceptors (Lipinski definition) is 3. The summed E-state index contributed by atoms with van der Waals surface area (Å²) in [6.45, 7) is 0. The lowest BCUT2D eigenvalue weighted by atomic mass is 9.78. The quantitative estimate of drug-likeness (QED) is 0.375. The molecule has 31 heavy (non-hydrogen) atoms. The van der Waals surface area contributed by atoms with E-state index in [0.29, 0.717) is 5.95 Å². The molecule has 0 amide bonds. The van der Waals surface area contributed by atoms with E-state index in [1.165, 1.54) is 17.7 Å². The highest BCUT2D eigenvalue weighted by Gasteiger charge is 2.27. The fourth-order valence-electron chi connectivity index (χ4n) is 4.45. The van der Waals surface area contributed by atoms with Gasteiger partial charge in [-0.3, -0.25) is 0 Å². The van der Waals surface area contributed by atoms with Crippen molar-refractivity contribution in [2.24, 2.45) is 0 Å². The summed E-state index contributed by atoms with van der Waals surface area (Å²) in [6, 6.07) is 23.3. The molecule has 0 spiro atoms. The summed E-state index contributed by atoms with van der Waals surface area (Å²) in [5, 5.41) is 4.47. The summed E-state index contributed by atoms with van der Waals surface area (Å²) in [5.74, 6) is 0.511. The minimum Gasteiger partial charge on any atom is -0.361 e. The van der Waals surface area contributed by atoms with E-state index in [0.717, 1.165) is 45.4 Å². The summed E-state index contributed by atoms with van der Waals surface area (Å²) in [4.78, 5) is 12.7. The summed E-state index contributed by atoms with van der Waals surface area (Å²) in [7, 11) is 0. The number of aromatic amines is 1. The molecule has 4 nitrogen and oxygen atoms in total. The zero-order valence-corrected chi connectivity index (χ0v) is 16.6. The molecule has 0 bridgehead atoms. The van der Waals surface area contributed by atoms with Crippen LogP contribution < -0.4 is 5.32 Å². The van der Waals surface area contributed by atoms with Gasteiger partial charge >= 0.3 is 0 Å². The molecule has 150 valence electrons. The minimum absolute atomic E-state index is 0.155. The molecule has 2 aromatic heterocycles. The number of anilines is 2. The van der Waals surface area contributed by atoms with Crippen molar-refractivity contribution >= 4 is 22.5 Å². The van der Waals surface area contributed by atoms with Crippen molar-refractivity contribution in [1.82, 2.24) is 15.0 Å². The molecule has 0 radical (unpaired) electrons. The standard InChI is InChI=1S/C26H19FN4/c27-19-7-5-16(6-8-19)23-14-18-15-29-26(31-25(18)22-4-2-1-3-21(22)23)30-20-9-10-24-17(13-20)11-12-28-24/h1-13,15,23,28H,14H2,(H,29,30,31). The highest BCUT2D eigenvalue weighted by atomic mass is 19.1. The van der Waals surface area contributed by atoms with Gasteiger partial charge in [0.1, 0.15) is 5.82 Å². The molecular weight excluding hydrogens is 387 g/mol. The van der Waals surface area contributed by atoms with Crippen LogP contribution in [0, 0.1) is 5.82 Å². The number of nitrogens with one attached hydrogen (secondary N) is 2. The van der Waals surface area contributed by atoms with Gasteiger partial charge in [-0.05, 0) is 59.5 Å². The molecule has 3 aromatic carbocycles. The van der Waals surface area contributed by atoms with Crippen molar-refractivity contribution < 1.29 is 4.39 Å². The normalized spacial score (nSPS) is 14.8. The molecule has 2 N–H and O–H groups in total. The van der Waals surface area contributed by atoms with Crippen molar-refractivity contribution in [2.75, 3.05) is 5.32 Å². The number of aromatic nitrogens is 3. The predicted molar refractivity (Wildman–Crippen MR) is 121 cm³/mol. The van der Waals surface area contributed by atoms with Crippen LogP contribution in [0.2, 0.25) is 0 Å². The number of hydrogen-bond donors (Lipinski definition) is 2. The zero-order chi connectivity index (χ0) is 20.8. The first-order valence-electron chi connectivity index (χ1n) is 10.3. The van der Waals surface area contributed by atoms with Gasteiger partial charge < -0.3 is 10.3 Å². The lowest BCUT2D eigenvalue weighted by molar-refractivity contribution is 0.626. The smallest absolute Gasteiger partial charge is 0.227 e. The molecule has 5 heteroatoms. The molecule has 0 aliphatic heterocycles. The first kappa shape index (κ1) is 17.8. The van der Waals surface area contributed by atoms with E-state index < -0.39 is 0 Å². The van der Waals surface area contributed by atoms with Gasteiger partial charge in [-0.1, -0.05) is 36.4 Å². The summed E-state index contributed by atoms with van der Waals surface area (Å²) >= 11 is 0. The Morgan fingerprint density at radius 1 is 0.968 bits per heavy atom. The highest BCUT2D eigenvalue weighted by molar-refractivity contribution is 5.83. The Morgan fingerprint density at radius 3 is 2.74 bits per heavy atom. The fraction of sp³-hybridized carbons (Fsp3) is 0.0769. The average Bonchev–Trinajstić information content (AvgIpc) is 3.27. The monoisotopic (exact) mass is 406 g/mol. The van der Waals surface area contributed by atoms with E-state index in [9.17, 15) is 4.39 Å². The van der Waals surface area contributed by atoms with Gasteiger partial charge in [0.2, 0.25) is 5.95 Å². The van der Waals surface area contributed by atoms with Crippen molar-refractivity contribution in [3.63, 3.8) is 0 Å². The van der Waals surface area contributed by atoms with E-state index in [-0.39, 0.29) is 11.7 Å². The Kier molecular flexibility index (Phi) is 4.06. The predicted octanol–water partition coefficient (Wildman–Crippen LogP) is 6.20. The van der Waals surface area contributed by atoms with Crippen LogP contribution in [0.25, 0.3) is 22.2 Å². The molecule has 1 unspecified atom stereocenters. The van der Waals surface area contributed by atoms with E-state index in [2.05, 4.69) is 33.5 Å². The van der Waals surface area contributed by atoms with E-state index >= 15 is 0 Å². The molecule has 1 aliphatic carbocycles. The maximum Gasteiger partial charge on any atom is 0.227 e. The minimum atomic E-state index is -0.217. The Hall–Kier alpha value is -3.99. The summed E-state index contributed by atoms with van der Waals surface area (Å²) < 4.78 is 13.5. The lowest BCUT2D eigenvalue weighted by Gasteiger charge is -2.27. The van der Waals surface area contributed by atoms with Crippen LogP contribution in [0.3, 0.4) is 0 Å². The van der Waals surface area contributed by atoms with Gasteiger partial charge in [-0.15, -0.1) is 0 Å². The van der Waals surface area contributed by atoms with Crippen LogP contribution in [-0.4, -0.2) is 15.0 Å². The van der Waals surface area contributed by atoms with Crippen molar-refractivity contribution in [2.45, 2.75) is 12.3 Å². The Morgan fingerprint density at radius 2 is 1.84 bits per heavy atom. The largest absolute Gasteiger partial charge is 0.361 e. The third-order valence-electron chi connectivity index (χ3n) is 5.96. The number of fused-ring (bicyclic) bond motifs is 4. The van der Waals surface area contributed by atoms with E-state index in [1.807, 2.05) is 54.9 Å². The van der Waals surface area contributed by atoms with Crippen molar-refractivity contribution in [1.29, 1.82) is 0 Å². The van der Waals surface area contributed by atoms with Gasteiger partial charge in [0.15, 0.2) is 0 Å². The average molecular weight is 406 g/mol. The summed E-state index contributed by atoms with van der Waals surface area (Å²) in [5.41, 5.74) is 7.50. The Bertz CT molecular complexity index is 1400. The van der Waals surface area contributed by atoms with Crippen LogP contribution in [0.5, 0.6) is 0 Å². The molecule has 0 fully saturated rings. The second-order valence-corrected chi connectivity index (χ2v) is 7.87.